The molecule has 54 heavy (non-hydrogen) atoms. The van der Waals surface area contributed by atoms with Gasteiger partial charge in [0.15, 0.2) is 5.88 Å². The van der Waals surface area contributed by atoms with Crippen LogP contribution in [0.25, 0.3) is 38.8 Å². The predicted octanol–water partition coefficient (Wildman–Crippen LogP) is 11.8. The molecule has 6 aromatic carbocycles. The Labute approximate surface area is 328 Å². The number of anilines is 4. The van der Waals surface area contributed by atoms with E-state index in [1.165, 1.54) is 0 Å². The molecule has 0 bridgehead atoms. The van der Waals surface area contributed by atoms with Gasteiger partial charge in [0.1, 0.15) is 5.82 Å². The maximum absolute atomic E-state index is 6.10. The van der Waals surface area contributed by atoms with Crippen LogP contribution in [0.4, 0.5) is 22.9 Å². The number of benzene rings is 6. The largest absolute Gasteiger partial charge is 0.470 e. The van der Waals surface area contributed by atoms with Crippen LogP contribution in [-0.2, 0) is 21.1 Å². The van der Waals surface area contributed by atoms with E-state index in [1.54, 1.807) is 6.26 Å². The van der Waals surface area contributed by atoms with Crippen LogP contribution in [0, 0.1) is 18.8 Å². The molecule has 9 aromatic rings. The monoisotopic (exact) mass is 874 g/mol. The van der Waals surface area contributed by atoms with Crippen LogP contribution in [0.2, 0.25) is 0 Å². The standard InChI is InChI=1S/C48H31N4O.Pt/c1-4-15-34(16-5-1)46(35-17-6-2-7-18-35)47(37-26-27-41-40-23-10-11-24-42(40)52(44(41)32-37)45-25-12-13-29-49-45)36-19-14-22-39(31-36)51-33-50(38-20-8-3-9-21-38)43-28-30-53-48(43)51;/h1-30,33H;/q-3;. The Bertz CT molecular complexity index is 2720. The van der Waals surface area contributed by atoms with E-state index < -0.39 is 0 Å². The van der Waals surface area contributed by atoms with Gasteiger partial charge < -0.3 is 18.8 Å². The first-order valence-corrected chi connectivity index (χ1v) is 17.6. The van der Waals surface area contributed by atoms with E-state index in [0.29, 0.717) is 0 Å². The van der Waals surface area contributed by atoms with Gasteiger partial charge in [-0.15, -0.1) is 65.8 Å². The van der Waals surface area contributed by atoms with Crippen LogP contribution in [0.3, 0.4) is 0 Å². The normalized spacial score (nSPS) is 12.1. The fraction of sp³-hybridized carbons (Fsp3) is 0. The number of nitrogens with zero attached hydrogens (tertiary/aromatic N) is 4. The summed E-state index contributed by atoms with van der Waals surface area (Å²) in [6, 6.07) is 66.6. The van der Waals surface area contributed by atoms with Gasteiger partial charge >= 0.3 is 0 Å². The molecule has 0 saturated carbocycles. The van der Waals surface area contributed by atoms with E-state index >= 15 is 0 Å². The summed E-state index contributed by atoms with van der Waals surface area (Å²) in [5.41, 5.74) is 11.1. The van der Waals surface area contributed by atoms with E-state index in [2.05, 4.69) is 161 Å². The Morgan fingerprint density at radius 2 is 1.24 bits per heavy atom. The average Bonchev–Trinajstić information content (AvgIpc) is 3.94. The quantitative estimate of drug-likeness (QED) is 0.118. The number of hydrogen-bond donors (Lipinski definition) is 0. The van der Waals surface area contributed by atoms with Gasteiger partial charge in [0.05, 0.1) is 12.0 Å². The minimum absolute atomic E-state index is 0. The third-order valence-electron chi connectivity index (χ3n) is 9.78. The van der Waals surface area contributed by atoms with E-state index in [9.17, 15) is 0 Å². The van der Waals surface area contributed by atoms with Crippen LogP contribution in [-0.4, -0.2) is 9.55 Å². The zero-order chi connectivity index (χ0) is 35.1. The van der Waals surface area contributed by atoms with Crippen LogP contribution < -0.4 is 9.80 Å². The molecule has 0 spiro atoms. The molecule has 6 heteroatoms. The van der Waals surface area contributed by atoms with Crippen LogP contribution in [0.1, 0.15) is 22.3 Å². The molecule has 0 aliphatic carbocycles. The van der Waals surface area contributed by atoms with E-state index in [4.69, 9.17) is 9.40 Å². The summed E-state index contributed by atoms with van der Waals surface area (Å²) in [6.45, 7) is 2.07. The fourth-order valence-electron chi connectivity index (χ4n) is 7.44. The van der Waals surface area contributed by atoms with Gasteiger partial charge in [0, 0.05) is 38.5 Å². The minimum Gasteiger partial charge on any atom is -0.470 e. The molecule has 0 fully saturated rings. The van der Waals surface area contributed by atoms with Crippen molar-refractivity contribution >= 4 is 55.9 Å². The second kappa shape index (κ2) is 14.2. The van der Waals surface area contributed by atoms with Crippen molar-refractivity contribution < 1.29 is 25.5 Å². The molecular formula is C48H31N4OPt-3. The van der Waals surface area contributed by atoms with E-state index in [1.807, 2.05) is 48.7 Å². The first-order chi connectivity index (χ1) is 26.3. The third kappa shape index (κ3) is 5.74. The third-order valence-corrected chi connectivity index (χ3v) is 9.78. The molecule has 0 atom stereocenters. The Balaban J connectivity index is 0.00000384. The fourth-order valence-corrected chi connectivity index (χ4v) is 7.44. The smallest absolute Gasteiger partial charge is 0.192 e. The number of rotatable bonds is 7. The van der Waals surface area contributed by atoms with Crippen molar-refractivity contribution in [3.63, 3.8) is 0 Å². The van der Waals surface area contributed by atoms with Gasteiger partial charge in [-0.05, 0) is 64.0 Å². The summed E-state index contributed by atoms with van der Waals surface area (Å²) in [5.74, 6) is 1.59. The van der Waals surface area contributed by atoms with Gasteiger partial charge in [-0.3, -0.25) is 0 Å². The molecule has 4 heterocycles. The molecule has 0 radical (unpaired) electrons. The molecule has 10 rings (SSSR count). The molecule has 5 nitrogen and oxygen atoms in total. The summed E-state index contributed by atoms with van der Waals surface area (Å²) in [7, 11) is 0. The maximum Gasteiger partial charge on any atom is 0.192 e. The van der Waals surface area contributed by atoms with Gasteiger partial charge in [0.25, 0.3) is 0 Å². The molecule has 0 unspecified atom stereocenters. The molecule has 3 aromatic heterocycles. The number of aromatic nitrogens is 2. The van der Waals surface area contributed by atoms with Crippen molar-refractivity contribution in [3.05, 3.63) is 223 Å². The van der Waals surface area contributed by atoms with Gasteiger partial charge in [-0.1, -0.05) is 114 Å². The molecule has 1 aliphatic rings. The van der Waals surface area contributed by atoms with Crippen molar-refractivity contribution in [2.75, 3.05) is 9.80 Å². The van der Waals surface area contributed by atoms with Crippen molar-refractivity contribution in [2.24, 2.45) is 0 Å². The SMILES string of the molecule is [Pt].[c-]1c(C(=C(c2ccccc2)c2ccccc2)c2[c-]c3c(cc2)c2ccccc2n3-c2ccccn2)cccc1N1[CH-]N(c2ccccc2)c2ccoc21. The minimum atomic E-state index is 0. The van der Waals surface area contributed by atoms with E-state index in [-0.39, 0.29) is 21.1 Å². The number of furan rings is 1. The first kappa shape index (κ1) is 33.4. The molecule has 0 amide bonds. The van der Waals surface area contributed by atoms with Crippen molar-refractivity contribution in [1.29, 1.82) is 0 Å². The summed E-state index contributed by atoms with van der Waals surface area (Å²) in [6.07, 6.45) is 3.58. The Kier molecular flexibility index (Phi) is 8.78. The number of pyridine rings is 1. The van der Waals surface area contributed by atoms with Gasteiger partial charge in [0.2, 0.25) is 0 Å². The van der Waals surface area contributed by atoms with Crippen molar-refractivity contribution in [2.45, 2.75) is 0 Å². The second-order valence-electron chi connectivity index (χ2n) is 12.9. The molecule has 262 valence electrons. The molecule has 1 aliphatic heterocycles. The van der Waals surface area contributed by atoms with E-state index in [0.717, 1.165) is 84.0 Å². The van der Waals surface area contributed by atoms with Gasteiger partial charge in [-0.25, -0.2) is 4.98 Å². The van der Waals surface area contributed by atoms with Crippen molar-refractivity contribution in [1.82, 2.24) is 9.55 Å². The molecule has 0 N–H and O–H groups in total. The van der Waals surface area contributed by atoms with Crippen LogP contribution >= 0.6 is 0 Å². The van der Waals surface area contributed by atoms with Crippen molar-refractivity contribution in [3.8, 4) is 5.82 Å². The Morgan fingerprint density at radius 1 is 0.556 bits per heavy atom. The summed E-state index contributed by atoms with van der Waals surface area (Å²) < 4.78 is 8.32. The Hall–Kier alpha value is -6.42. The molecular weight excluding hydrogens is 844 g/mol. The first-order valence-electron chi connectivity index (χ1n) is 17.6. The van der Waals surface area contributed by atoms with Gasteiger partial charge in [-0.2, -0.15) is 0 Å². The Morgan fingerprint density at radius 3 is 1.98 bits per heavy atom. The zero-order valence-electron chi connectivity index (χ0n) is 28.9. The predicted molar refractivity (Wildman–Crippen MR) is 214 cm³/mol. The summed E-state index contributed by atoms with van der Waals surface area (Å²) in [5, 5.41) is 2.27. The number of fused-ring (bicyclic) bond motifs is 4. The molecule has 0 saturated heterocycles. The maximum atomic E-state index is 6.10. The summed E-state index contributed by atoms with van der Waals surface area (Å²) in [4.78, 5) is 9.00. The topological polar surface area (TPSA) is 37.4 Å². The second-order valence-corrected chi connectivity index (χ2v) is 12.9. The van der Waals surface area contributed by atoms with Crippen LogP contribution in [0.15, 0.2) is 187 Å². The average molecular weight is 875 g/mol. The number of hydrogen-bond acceptors (Lipinski definition) is 4. The zero-order valence-corrected chi connectivity index (χ0v) is 31.2. The van der Waals surface area contributed by atoms with Crippen LogP contribution in [0.5, 0.6) is 0 Å². The summed E-state index contributed by atoms with van der Waals surface area (Å²) >= 11 is 0. The number of para-hydroxylation sites is 2.